The molecule has 0 atom stereocenters. The van der Waals surface area contributed by atoms with Crippen molar-refractivity contribution in [1.29, 1.82) is 0 Å². The molecule has 0 bridgehead atoms. The van der Waals surface area contributed by atoms with Crippen molar-refractivity contribution in [3.8, 4) is 17.0 Å². The molecule has 0 saturated carbocycles. The zero-order valence-electron chi connectivity index (χ0n) is 17.0. The van der Waals surface area contributed by atoms with Gasteiger partial charge in [0.2, 0.25) is 5.91 Å². The zero-order valence-corrected chi connectivity index (χ0v) is 17.0. The highest BCUT2D eigenvalue weighted by atomic mass is 16.5. The molecule has 0 radical (unpaired) electrons. The molecule has 0 aliphatic carbocycles. The minimum atomic E-state index is -0.427. The fourth-order valence-electron chi connectivity index (χ4n) is 3.05. The Labute approximate surface area is 170 Å². The van der Waals surface area contributed by atoms with E-state index >= 15 is 0 Å². The summed E-state index contributed by atoms with van der Waals surface area (Å²) in [7, 11) is 3.95. The molecule has 0 spiro atoms. The SMILES string of the molecule is C=c1ccc(OCc2ccnc(-c3ccc(C(N)=O)c(C)c3)c2)c/c1=C/N(C)C. The van der Waals surface area contributed by atoms with E-state index in [1.807, 2.05) is 74.6 Å². The van der Waals surface area contributed by atoms with Crippen molar-refractivity contribution in [2.75, 3.05) is 14.1 Å². The molecule has 5 heteroatoms. The normalized spacial score (nSPS) is 11.3. The van der Waals surface area contributed by atoms with Gasteiger partial charge in [-0.3, -0.25) is 9.78 Å². The van der Waals surface area contributed by atoms with E-state index in [4.69, 9.17) is 10.5 Å². The van der Waals surface area contributed by atoms with Crippen LogP contribution in [-0.2, 0) is 6.61 Å². The van der Waals surface area contributed by atoms with Gasteiger partial charge in [0, 0.05) is 42.8 Å². The smallest absolute Gasteiger partial charge is 0.248 e. The summed E-state index contributed by atoms with van der Waals surface area (Å²) in [5.41, 5.74) is 9.49. The number of carbonyl (C=O) groups excluding carboxylic acids is 1. The van der Waals surface area contributed by atoms with Crippen LogP contribution in [0.15, 0.2) is 54.7 Å². The van der Waals surface area contributed by atoms with Crippen molar-refractivity contribution in [2.45, 2.75) is 13.5 Å². The van der Waals surface area contributed by atoms with Crippen LogP contribution in [0.5, 0.6) is 5.75 Å². The number of benzene rings is 2. The first kappa shape index (κ1) is 20.1. The second-order valence-corrected chi connectivity index (χ2v) is 7.19. The molecule has 0 aliphatic rings. The molecule has 1 amide bonds. The highest BCUT2D eigenvalue weighted by Gasteiger charge is 2.08. The molecule has 1 heterocycles. The van der Waals surface area contributed by atoms with Crippen LogP contribution in [0.3, 0.4) is 0 Å². The summed E-state index contributed by atoms with van der Waals surface area (Å²) >= 11 is 0. The van der Waals surface area contributed by atoms with Gasteiger partial charge in [0.15, 0.2) is 0 Å². The maximum Gasteiger partial charge on any atom is 0.248 e. The van der Waals surface area contributed by atoms with Crippen LogP contribution in [0.2, 0.25) is 0 Å². The molecule has 0 unspecified atom stereocenters. The molecule has 2 N–H and O–H groups in total. The van der Waals surface area contributed by atoms with Gasteiger partial charge in [0.1, 0.15) is 12.4 Å². The monoisotopic (exact) mass is 387 g/mol. The van der Waals surface area contributed by atoms with Gasteiger partial charge in [0.05, 0.1) is 5.69 Å². The number of hydrogen-bond donors (Lipinski definition) is 1. The van der Waals surface area contributed by atoms with Crippen molar-refractivity contribution in [2.24, 2.45) is 5.73 Å². The van der Waals surface area contributed by atoms with E-state index in [9.17, 15) is 4.79 Å². The second kappa shape index (κ2) is 8.61. The van der Waals surface area contributed by atoms with E-state index in [0.717, 1.165) is 38.6 Å². The Morgan fingerprint density at radius 3 is 2.66 bits per heavy atom. The molecule has 0 saturated heterocycles. The second-order valence-electron chi connectivity index (χ2n) is 7.19. The summed E-state index contributed by atoms with van der Waals surface area (Å²) in [5, 5.41) is 1.97. The van der Waals surface area contributed by atoms with E-state index in [2.05, 4.69) is 11.6 Å². The summed E-state index contributed by atoms with van der Waals surface area (Å²) in [6.45, 7) is 6.34. The van der Waals surface area contributed by atoms with E-state index in [0.29, 0.717) is 12.2 Å². The van der Waals surface area contributed by atoms with Gasteiger partial charge in [-0.1, -0.05) is 18.7 Å². The van der Waals surface area contributed by atoms with Gasteiger partial charge in [0.25, 0.3) is 0 Å². The number of aromatic nitrogens is 1. The number of carbonyl (C=O) groups is 1. The third-order valence-electron chi connectivity index (χ3n) is 4.53. The molecule has 5 nitrogen and oxygen atoms in total. The number of aryl methyl sites for hydroxylation is 1. The molecule has 3 aromatic rings. The number of amides is 1. The molecule has 2 aromatic carbocycles. The first-order valence-electron chi connectivity index (χ1n) is 9.29. The van der Waals surface area contributed by atoms with Crippen molar-refractivity contribution in [3.05, 3.63) is 81.9 Å². The Kier molecular flexibility index (Phi) is 5.98. The van der Waals surface area contributed by atoms with Gasteiger partial charge in [-0.2, -0.15) is 0 Å². The Bertz CT molecular complexity index is 1150. The topological polar surface area (TPSA) is 68.5 Å². The van der Waals surface area contributed by atoms with Crippen LogP contribution >= 0.6 is 0 Å². The Hall–Kier alpha value is -3.60. The summed E-state index contributed by atoms with van der Waals surface area (Å²) in [4.78, 5) is 17.9. The number of rotatable bonds is 6. The average Bonchev–Trinajstić information content (AvgIpc) is 2.68. The van der Waals surface area contributed by atoms with Gasteiger partial charge in [-0.25, -0.2) is 0 Å². The standard InChI is InChI=1S/C24H25N3O2/c1-16-5-7-21(13-20(16)14-27(3)4)29-15-18-9-10-26-23(12-18)19-6-8-22(24(25)28)17(2)11-19/h5-14H,1,15H2,2-4H3,(H2,25,28)/b20-14-. The fourth-order valence-corrected chi connectivity index (χ4v) is 3.05. The number of pyridine rings is 1. The van der Waals surface area contributed by atoms with Gasteiger partial charge in [-0.15, -0.1) is 0 Å². The molecule has 3 rings (SSSR count). The van der Waals surface area contributed by atoms with Crippen LogP contribution in [-0.4, -0.2) is 29.9 Å². The maximum absolute atomic E-state index is 11.4. The minimum absolute atomic E-state index is 0.422. The van der Waals surface area contributed by atoms with Crippen molar-refractivity contribution >= 4 is 18.7 Å². The lowest BCUT2D eigenvalue weighted by Gasteiger charge is -2.10. The number of primary amides is 1. The average molecular weight is 387 g/mol. The molecule has 29 heavy (non-hydrogen) atoms. The third kappa shape index (κ3) is 5.02. The number of ether oxygens (including phenoxy) is 1. The number of nitrogens with two attached hydrogens (primary N) is 1. The molecule has 1 aromatic heterocycles. The van der Waals surface area contributed by atoms with Crippen LogP contribution in [0.25, 0.3) is 24.0 Å². The summed E-state index contributed by atoms with van der Waals surface area (Å²) in [5.74, 6) is 0.355. The van der Waals surface area contributed by atoms with Crippen LogP contribution < -0.4 is 20.9 Å². The summed E-state index contributed by atoms with van der Waals surface area (Å²) in [6, 6.07) is 15.3. The highest BCUT2D eigenvalue weighted by Crippen LogP contribution is 2.22. The Morgan fingerprint density at radius 1 is 1.17 bits per heavy atom. The number of nitrogens with zero attached hydrogens (tertiary/aromatic N) is 2. The van der Waals surface area contributed by atoms with Gasteiger partial charge >= 0.3 is 0 Å². The number of hydrogen-bond acceptors (Lipinski definition) is 4. The van der Waals surface area contributed by atoms with E-state index in [1.54, 1.807) is 12.3 Å². The lowest BCUT2D eigenvalue weighted by atomic mass is 10.0. The molecule has 0 aliphatic heterocycles. The molecule has 148 valence electrons. The lowest BCUT2D eigenvalue weighted by Crippen LogP contribution is -2.25. The fraction of sp³-hybridized carbons (Fsp3) is 0.167. The van der Waals surface area contributed by atoms with Crippen LogP contribution in [0.4, 0.5) is 0 Å². The largest absolute Gasteiger partial charge is 0.489 e. The summed E-state index contributed by atoms with van der Waals surface area (Å²) < 4.78 is 5.98. The third-order valence-corrected chi connectivity index (χ3v) is 4.53. The Morgan fingerprint density at radius 2 is 1.97 bits per heavy atom. The van der Waals surface area contributed by atoms with Crippen molar-refractivity contribution in [1.82, 2.24) is 9.88 Å². The molecular formula is C24H25N3O2. The van der Waals surface area contributed by atoms with E-state index < -0.39 is 5.91 Å². The van der Waals surface area contributed by atoms with E-state index in [1.165, 1.54) is 0 Å². The first-order chi connectivity index (χ1) is 13.8. The maximum atomic E-state index is 11.4. The quantitative estimate of drug-likeness (QED) is 0.705. The molecular weight excluding hydrogens is 362 g/mol. The van der Waals surface area contributed by atoms with Crippen molar-refractivity contribution in [3.63, 3.8) is 0 Å². The Balaban J connectivity index is 1.80. The van der Waals surface area contributed by atoms with Gasteiger partial charge < -0.3 is 15.4 Å². The minimum Gasteiger partial charge on any atom is -0.489 e. The summed E-state index contributed by atoms with van der Waals surface area (Å²) in [6.07, 6.45) is 3.77. The van der Waals surface area contributed by atoms with Gasteiger partial charge in [-0.05, 0) is 59.7 Å². The first-order valence-corrected chi connectivity index (χ1v) is 9.29. The van der Waals surface area contributed by atoms with E-state index in [-0.39, 0.29) is 0 Å². The predicted octanol–water partition coefficient (Wildman–Crippen LogP) is 2.44. The van der Waals surface area contributed by atoms with Crippen molar-refractivity contribution < 1.29 is 9.53 Å². The van der Waals surface area contributed by atoms with Crippen LogP contribution in [0.1, 0.15) is 21.5 Å². The highest BCUT2D eigenvalue weighted by molar-refractivity contribution is 5.94. The molecule has 0 fully saturated rings. The van der Waals surface area contributed by atoms with Crippen LogP contribution in [0, 0.1) is 6.92 Å². The predicted molar refractivity (Wildman–Crippen MR) is 117 cm³/mol. The zero-order chi connectivity index (χ0) is 21.0. The lowest BCUT2D eigenvalue weighted by molar-refractivity contribution is 0.0999.